The molecule has 0 fully saturated rings. The fraction of sp³-hybridized carbons (Fsp3) is 0. The van der Waals surface area contributed by atoms with Gasteiger partial charge in [-0.2, -0.15) is 9.90 Å². The maximum atomic E-state index is 11.3. The zero-order valence-corrected chi connectivity index (χ0v) is 19.2. The summed E-state index contributed by atoms with van der Waals surface area (Å²) in [7, 11) is 0. The quantitative estimate of drug-likeness (QED) is 0.284. The molecule has 0 amide bonds. The summed E-state index contributed by atoms with van der Waals surface area (Å²) in [5.41, 5.74) is 8.30. The summed E-state index contributed by atoms with van der Waals surface area (Å²) < 4.78 is 0. The predicted molar refractivity (Wildman–Crippen MR) is 141 cm³/mol. The maximum absolute atomic E-state index is 11.3. The molecule has 2 heteroatoms. The predicted octanol–water partition coefficient (Wildman–Crippen LogP) is 8.12. The van der Waals surface area contributed by atoms with Gasteiger partial charge in [0.15, 0.2) is 0 Å². The van der Waals surface area contributed by atoms with Crippen molar-refractivity contribution in [2.45, 2.75) is 0 Å². The fourth-order valence-corrected chi connectivity index (χ4v) is 4.21. The first-order valence-electron chi connectivity index (χ1n) is 10.4. The van der Waals surface area contributed by atoms with Crippen LogP contribution in [0.1, 0.15) is 0 Å². The summed E-state index contributed by atoms with van der Waals surface area (Å²) in [6.45, 7) is 0. The van der Waals surface area contributed by atoms with Gasteiger partial charge >= 0.3 is 0 Å². The van der Waals surface area contributed by atoms with Gasteiger partial charge in [-0.3, -0.25) is 0 Å². The molecule has 0 aliphatic heterocycles. The lowest BCUT2D eigenvalue weighted by molar-refractivity contribution is 0.478. The zero-order chi connectivity index (χ0) is 21.0. The Hall–Kier alpha value is -3.67. The molecule has 0 saturated carbocycles. The van der Waals surface area contributed by atoms with Crippen molar-refractivity contribution in [3.63, 3.8) is 0 Å². The molecule has 32 heavy (non-hydrogen) atoms. The van der Waals surface area contributed by atoms with E-state index in [0.29, 0.717) is 0 Å². The maximum Gasteiger partial charge on any atom is 0.124 e. The van der Waals surface area contributed by atoms with E-state index in [4.69, 9.17) is 0 Å². The van der Waals surface area contributed by atoms with Gasteiger partial charge in [0, 0.05) is 11.1 Å². The molecule has 1 N–H and O–H groups in total. The summed E-state index contributed by atoms with van der Waals surface area (Å²) in [4.78, 5) is 0. The average Bonchev–Trinajstić information content (AvgIpc) is 2.85. The molecule has 0 aromatic heterocycles. The highest BCUT2D eigenvalue weighted by Crippen LogP contribution is 2.49. The summed E-state index contributed by atoms with van der Waals surface area (Å²) in [5.74, 6) is 0.281. The molecule has 0 bridgehead atoms. The Labute approximate surface area is 192 Å². The van der Waals surface area contributed by atoms with E-state index in [0.717, 1.165) is 44.5 Å². The van der Waals surface area contributed by atoms with Gasteiger partial charge < -0.3 is 5.11 Å². The van der Waals surface area contributed by atoms with Gasteiger partial charge in [0.2, 0.25) is 0 Å². The van der Waals surface area contributed by atoms with E-state index in [2.05, 4.69) is 60.7 Å². The Kier molecular flexibility index (Phi) is 6.50. The summed E-state index contributed by atoms with van der Waals surface area (Å²) in [6, 6.07) is 43.1. The zero-order valence-electron chi connectivity index (χ0n) is 17.8. The summed E-state index contributed by atoms with van der Waals surface area (Å²) in [6.07, 6.45) is 0. The van der Waals surface area contributed by atoms with Crippen molar-refractivity contribution in [1.82, 2.24) is 0 Å². The molecule has 0 heterocycles. The van der Waals surface area contributed by atoms with Crippen LogP contribution in [-0.4, -0.2) is 5.11 Å². The van der Waals surface area contributed by atoms with Gasteiger partial charge in [-0.15, -0.1) is 0 Å². The number of aromatic hydroxyl groups is 1. The number of hydrogen-bond donors (Lipinski definition) is 1. The van der Waals surface area contributed by atoms with Crippen LogP contribution in [0.3, 0.4) is 0 Å². The lowest BCUT2D eigenvalue weighted by Crippen LogP contribution is -1.95. The first-order chi connectivity index (χ1) is 15.3. The highest BCUT2D eigenvalue weighted by molar-refractivity contribution is 6.92. The molecule has 1 unspecified atom stereocenters. The SMILES string of the molecule is Oc1cc(-c2ccccc2)c(-c2ccccc2)c(-c2ccccc2)c1-c1ccccc1.P. The normalized spacial score (nSPS) is 10.4. The molecule has 5 aromatic rings. The molecule has 1 nitrogen and oxygen atoms in total. The van der Waals surface area contributed by atoms with Crippen LogP contribution in [0.5, 0.6) is 5.75 Å². The topological polar surface area (TPSA) is 20.2 Å². The minimum atomic E-state index is 0. The number of rotatable bonds is 4. The standard InChI is InChI=1S/C30H22O.H3P/c31-27-21-26(22-13-5-1-6-14-22)28(23-15-7-2-8-16-23)30(25-19-11-4-12-20-25)29(27)24-17-9-3-10-18-24;/h1-21,31H;1H3. The molecule has 5 rings (SSSR count). The van der Waals surface area contributed by atoms with Crippen LogP contribution in [0, 0.1) is 0 Å². The van der Waals surface area contributed by atoms with Gasteiger partial charge in [0.25, 0.3) is 0 Å². The van der Waals surface area contributed by atoms with E-state index in [1.807, 2.05) is 66.7 Å². The van der Waals surface area contributed by atoms with Gasteiger partial charge in [0.1, 0.15) is 5.75 Å². The number of hydrogen-bond acceptors (Lipinski definition) is 1. The molecule has 1 atom stereocenters. The smallest absolute Gasteiger partial charge is 0.124 e. The fourth-order valence-electron chi connectivity index (χ4n) is 4.21. The van der Waals surface area contributed by atoms with Crippen LogP contribution in [0.4, 0.5) is 0 Å². The van der Waals surface area contributed by atoms with Gasteiger partial charge in [-0.05, 0) is 39.4 Å². The number of benzene rings is 5. The highest BCUT2D eigenvalue weighted by atomic mass is 31.0. The molecule has 0 saturated heterocycles. The molecular formula is C30H25OP. The van der Waals surface area contributed by atoms with E-state index in [9.17, 15) is 5.11 Å². The minimum Gasteiger partial charge on any atom is -0.507 e. The van der Waals surface area contributed by atoms with Crippen LogP contribution in [0.25, 0.3) is 44.5 Å². The van der Waals surface area contributed by atoms with Crippen LogP contribution in [0.2, 0.25) is 0 Å². The van der Waals surface area contributed by atoms with Crippen molar-refractivity contribution >= 4 is 9.90 Å². The van der Waals surface area contributed by atoms with Crippen molar-refractivity contribution in [3.8, 4) is 50.3 Å². The number of phenols is 1. The molecule has 0 aliphatic rings. The van der Waals surface area contributed by atoms with E-state index < -0.39 is 0 Å². The second-order valence-corrected chi connectivity index (χ2v) is 7.53. The van der Waals surface area contributed by atoms with Crippen molar-refractivity contribution in [1.29, 1.82) is 0 Å². The number of phenolic OH excluding ortho intramolecular Hbond substituents is 1. The van der Waals surface area contributed by atoms with Gasteiger partial charge in [0.05, 0.1) is 0 Å². The Morgan fingerprint density at radius 1 is 0.375 bits per heavy atom. The Morgan fingerprint density at radius 3 is 1.16 bits per heavy atom. The average molecular weight is 433 g/mol. The van der Waals surface area contributed by atoms with E-state index >= 15 is 0 Å². The minimum absolute atomic E-state index is 0. The largest absolute Gasteiger partial charge is 0.507 e. The van der Waals surface area contributed by atoms with E-state index in [1.165, 1.54) is 0 Å². The second kappa shape index (κ2) is 9.64. The third kappa shape index (κ3) is 4.08. The molecular weight excluding hydrogens is 407 g/mol. The third-order valence-corrected chi connectivity index (χ3v) is 5.58. The highest BCUT2D eigenvalue weighted by Gasteiger charge is 2.22. The molecule has 0 radical (unpaired) electrons. The van der Waals surface area contributed by atoms with Crippen molar-refractivity contribution in [2.24, 2.45) is 0 Å². The second-order valence-electron chi connectivity index (χ2n) is 7.53. The first-order valence-corrected chi connectivity index (χ1v) is 10.4. The van der Waals surface area contributed by atoms with Crippen molar-refractivity contribution < 1.29 is 5.11 Å². The van der Waals surface area contributed by atoms with Crippen LogP contribution >= 0.6 is 9.90 Å². The lowest BCUT2D eigenvalue weighted by Gasteiger charge is -2.22. The van der Waals surface area contributed by atoms with Crippen molar-refractivity contribution in [2.75, 3.05) is 0 Å². The molecule has 5 aromatic carbocycles. The van der Waals surface area contributed by atoms with E-state index in [1.54, 1.807) is 0 Å². The molecule has 0 aliphatic carbocycles. The monoisotopic (exact) mass is 432 g/mol. The molecule has 0 spiro atoms. The first kappa shape index (κ1) is 21.6. The Bertz CT molecular complexity index is 1300. The van der Waals surface area contributed by atoms with Gasteiger partial charge in [-0.1, -0.05) is 121 Å². The van der Waals surface area contributed by atoms with Gasteiger partial charge in [-0.25, -0.2) is 0 Å². The Balaban J connectivity index is 0.00000245. The summed E-state index contributed by atoms with van der Waals surface area (Å²) in [5, 5.41) is 11.3. The van der Waals surface area contributed by atoms with Crippen LogP contribution in [-0.2, 0) is 0 Å². The Morgan fingerprint density at radius 2 is 0.719 bits per heavy atom. The molecule has 156 valence electrons. The lowest BCUT2D eigenvalue weighted by atomic mass is 9.82. The van der Waals surface area contributed by atoms with Crippen LogP contribution < -0.4 is 0 Å². The third-order valence-electron chi connectivity index (χ3n) is 5.58. The van der Waals surface area contributed by atoms with Crippen LogP contribution in [0.15, 0.2) is 127 Å². The van der Waals surface area contributed by atoms with Crippen molar-refractivity contribution in [3.05, 3.63) is 127 Å². The van der Waals surface area contributed by atoms with E-state index in [-0.39, 0.29) is 15.6 Å². The summed E-state index contributed by atoms with van der Waals surface area (Å²) >= 11 is 0.